The van der Waals surface area contributed by atoms with E-state index >= 15 is 0 Å². The van der Waals surface area contributed by atoms with Crippen LogP contribution in [0.2, 0.25) is 0 Å². The number of nitriles is 1. The smallest absolute Gasteiger partial charge is 0.235 e. The molecular weight excluding hydrogens is 238 g/mol. The van der Waals surface area contributed by atoms with Crippen LogP contribution in [-0.2, 0) is 11.3 Å². The molecule has 100 valence electrons. The van der Waals surface area contributed by atoms with Crippen molar-refractivity contribution in [1.82, 2.24) is 4.90 Å². The normalized spacial score (nSPS) is 18.7. The average molecular weight is 257 g/mol. The number of benzene rings is 1. The molecule has 0 aromatic heterocycles. The van der Waals surface area contributed by atoms with Gasteiger partial charge in [-0.2, -0.15) is 5.26 Å². The zero-order chi connectivity index (χ0) is 13.7. The summed E-state index contributed by atoms with van der Waals surface area (Å²) < 4.78 is 0. The third-order valence-corrected chi connectivity index (χ3v) is 3.80. The van der Waals surface area contributed by atoms with Gasteiger partial charge in [0, 0.05) is 6.54 Å². The van der Waals surface area contributed by atoms with E-state index in [1.165, 1.54) is 5.56 Å². The van der Waals surface area contributed by atoms with Gasteiger partial charge < -0.3 is 5.73 Å². The van der Waals surface area contributed by atoms with E-state index in [1.807, 2.05) is 24.3 Å². The molecule has 1 aromatic carbocycles. The summed E-state index contributed by atoms with van der Waals surface area (Å²) in [6, 6.07) is 12.4. The maximum atomic E-state index is 11.2. The Bertz CT molecular complexity index is 458. The van der Waals surface area contributed by atoms with Crippen LogP contribution < -0.4 is 5.73 Å². The van der Waals surface area contributed by atoms with Gasteiger partial charge >= 0.3 is 0 Å². The van der Waals surface area contributed by atoms with E-state index in [-0.39, 0.29) is 5.92 Å². The molecule has 1 unspecified atom stereocenters. The SMILES string of the molecule is N#CC(C(N)=O)C1CCN(Cc2ccccc2)CC1. The van der Waals surface area contributed by atoms with Gasteiger partial charge in [-0.3, -0.25) is 9.69 Å². The van der Waals surface area contributed by atoms with Crippen LogP contribution in [0.3, 0.4) is 0 Å². The fourth-order valence-corrected chi connectivity index (χ4v) is 2.69. The molecule has 0 saturated carbocycles. The van der Waals surface area contributed by atoms with E-state index in [0.717, 1.165) is 32.5 Å². The van der Waals surface area contributed by atoms with E-state index in [0.29, 0.717) is 0 Å². The molecule has 0 spiro atoms. The molecule has 1 aliphatic heterocycles. The highest BCUT2D eigenvalue weighted by Crippen LogP contribution is 2.25. The number of likely N-dealkylation sites (tertiary alicyclic amines) is 1. The molecule has 19 heavy (non-hydrogen) atoms. The van der Waals surface area contributed by atoms with Gasteiger partial charge in [-0.1, -0.05) is 30.3 Å². The maximum absolute atomic E-state index is 11.2. The Labute approximate surface area is 113 Å². The first-order valence-corrected chi connectivity index (χ1v) is 6.66. The van der Waals surface area contributed by atoms with Crippen molar-refractivity contribution in [2.45, 2.75) is 19.4 Å². The van der Waals surface area contributed by atoms with Crippen molar-refractivity contribution in [3.05, 3.63) is 35.9 Å². The van der Waals surface area contributed by atoms with Crippen molar-refractivity contribution in [1.29, 1.82) is 5.26 Å². The second-order valence-corrected chi connectivity index (χ2v) is 5.11. The van der Waals surface area contributed by atoms with E-state index < -0.39 is 11.8 Å². The summed E-state index contributed by atoms with van der Waals surface area (Å²) in [6.45, 7) is 2.78. The van der Waals surface area contributed by atoms with Crippen LogP contribution in [0.1, 0.15) is 18.4 Å². The molecule has 1 amide bonds. The highest BCUT2D eigenvalue weighted by atomic mass is 16.1. The van der Waals surface area contributed by atoms with Crippen molar-refractivity contribution in [3.63, 3.8) is 0 Å². The van der Waals surface area contributed by atoms with Crippen molar-refractivity contribution in [2.24, 2.45) is 17.6 Å². The maximum Gasteiger partial charge on any atom is 0.235 e. The van der Waals surface area contributed by atoms with Crippen molar-refractivity contribution < 1.29 is 4.79 Å². The van der Waals surface area contributed by atoms with Crippen molar-refractivity contribution in [3.8, 4) is 6.07 Å². The fraction of sp³-hybridized carbons (Fsp3) is 0.467. The van der Waals surface area contributed by atoms with E-state index in [4.69, 9.17) is 11.0 Å². The second kappa shape index (κ2) is 6.35. The zero-order valence-electron chi connectivity index (χ0n) is 11.0. The predicted octanol–water partition coefficient (Wildman–Crippen LogP) is 1.52. The molecule has 0 radical (unpaired) electrons. The summed E-state index contributed by atoms with van der Waals surface area (Å²) in [5.41, 5.74) is 6.56. The average Bonchev–Trinajstić information content (AvgIpc) is 2.42. The lowest BCUT2D eigenvalue weighted by atomic mass is 9.84. The number of nitrogens with zero attached hydrogens (tertiary/aromatic N) is 2. The molecule has 1 aromatic rings. The molecule has 0 aliphatic carbocycles. The Balaban J connectivity index is 1.86. The zero-order valence-corrected chi connectivity index (χ0v) is 11.0. The fourth-order valence-electron chi connectivity index (χ4n) is 2.69. The molecule has 2 N–H and O–H groups in total. The molecule has 1 heterocycles. The minimum atomic E-state index is -0.626. The second-order valence-electron chi connectivity index (χ2n) is 5.11. The van der Waals surface area contributed by atoms with Crippen LogP contribution in [0.25, 0.3) is 0 Å². The molecule has 1 fully saturated rings. The Morgan fingerprint density at radius 1 is 1.37 bits per heavy atom. The highest BCUT2D eigenvalue weighted by Gasteiger charge is 2.29. The standard InChI is InChI=1S/C15H19N3O/c16-10-14(15(17)19)13-6-8-18(9-7-13)11-12-4-2-1-3-5-12/h1-5,13-14H,6-9,11H2,(H2,17,19). The number of piperidine rings is 1. The molecule has 4 heteroatoms. The summed E-state index contributed by atoms with van der Waals surface area (Å²) >= 11 is 0. The first-order valence-electron chi connectivity index (χ1n) is 6.66. The predicted molar refractivity (Wildman–Crippen MR) is 72.7 cm³/mol. The third kappa shape index (κ3) is 3.55. The van der Waals surface area contributed by atoms with Gasteiger partial charge in [-0.25, -0.2) is 0 Å². The quantitative estimate of drug-likeness (QED) is 0.889. The van der Waals surface area contributed by atoms with Gasteiger partial charge in [0.15, 0.2) is 0 Å². The summed E-state index contributed by atoms with van der Waals surface area (Å²) in [4.78, 5) is 13.6. The van der Waals surface area contributed by atoms with Crippen LogP contribution in [0.4, 0.5) is 0 Å². The van der Waals surface area contributed by atoms with Crippen LogP contribution in [-0.4, -0.2) is 23.9 Å². The molecule has 1 saturated heterocycles. The topological polar surface area (TPSA) is 70.1 Å². The number of hydrogen-bond donors (Lipinski definition) is 1. The van der Waals surface area contributed by atoms with Gasteiger partial charge in [0.05, 0.1) is 6.07 Å². The largest absolute Gasteiger partial charge is 0.369 e. The molecule has 0 bridgehead atoms. The molecule has 1 atom stereocenters. The van der Waals surface area contributed by atoms with Crippen molar-refractivity contribution >= 4 is 5.91 Å². The van der Waals surface area contributed by atoms with Crippen molar-refractivity contribution in [2.75, 3.05) is 13.1 Å². The summed E-state index contributed by atoms with van der Waals surface area (Å²) in [6.07, 6.45) is 1.74. The van der Waals surface area contributed by atoms with Gasteiger partial charge in [0.25, 0.3) is 0 Å². The first kappa shape index (κ1) is 13.6. The Kier molecular flexibility index (Phi) is 4.53. The van der Waals surface area contributed by atoms with Gasteiger partial charge in [0.1, 0.15) is 5.92 Å². The number of amides is 1. The summed E-state index contributed by atoms with van der Waals surface area (Å²) in [7, 11) is 0. The van der Waals surface area contributed by atoms with Crippen LogP contribution in [0.5, 0.6) is 0 Å². The lowest BCUT2D eigenvalue weighted by molar-refractivity contribution is -0.122. The van der Waals surface area contributed by atoms with Crippen LogP contribution in [0, 0.1) is 23.2 Å². The van der Waals surface area contributed by atoms with E-state index in [1.54, 1.807) is 0 Å². The van der Waals surface area contributed by atoms with E-state index in [2.05, 4.69) is 17.0 Å². The molecular formula is C15H19N3O. The number of carbonyl (C=O) groups is 1. The first-order chi connectivity index (χ1) is 9.20. The Hall–Kier alpha value is -1.86. The van der Waals surface area contributed by atoms with E-state index in [9.17, 15) is 4.79 Å². The van der Waals surface area contributed by atoms with Gasteiger partial charge in [-0.15, -0.1) is 0 Å². The van der Waals surface area contributed by atoms with Gasteiger partial charge in [-0.05, 0) is 37.4 Å². The lowest BCUT2D eigenvalue weighted by Crippen LogP contribution is -2.39. The minimum absolute atomic E-state index is 0.120. The molecule has 4 nitrogen and oxygen atoms in total. The molecule has 2 rings (SSSR count). The number of rotatable bonds is 4. The minimum Gasteiger partial charge on any atom is -0.369 e. The Morgan fingerprint density at radius 3 is 2.53 bits per heavy atom. The highest BCUT2D eigenvalue weighted by molar-refractivity contribution is 5.79. The van der Waals surface area contributed by atoms with Crippen LogP contribution in [0.15, 0.2) is 30.3 Å². The third-order valence-electron chi connectivity index (χ3n) is 3.80. The Morgan fingerprint density at radius 2 is 2.00 bits per heavy atom. The van der Waals surface area contributed by atoms with Gasteiger partial charge in [0.2, 0.25) is 5.91 Å². The number of nitrogens with two attached hydrogens (primary N) is 1. The van der Waals surface area contributed by atoms with Crippen LogP contribution >= 0.6 is 0 Å². The lowest BCUT2D eigenvalue weighted by Gasteiger charge is -2.33. The summed E-state index contributed by atoms with van der Waals surface area (Å²) in [5.74, 6) is -0.989. The number of hydrogen-bond acceptors (Lipinski definition) is 3. The summed E-state index contributed by atoms with van der Waals surface area (Å²) in [5, 5.41) is 8.99. The monoisotopic (exact) mass is 257 g/mol. The number of primary amides is 1. The number of carbonyl (C=O) groups excluding carboxylic acids is 1. The molecule has 1 aliphatic rings.